The second kappa shape index (κ2) is 10.8. The quantitative estimate of drug-likeness (QED) is 0.529. The van der Waals surface area contributed by atoms with Crippen LogP contribution in [0.15, 0.2) is 33.6 Å². The van der Waals surface area contributed by atoms with Crippen molar-refractivity contribution in [2.75, 3.05) is 6.54 Å². The first-order valence-corrected chi connectivity index (χ1v) is 10.8. The SMILES string of the molecule is CC.O=C(NCC1CCC(c2nc(-c3ccc(=O)[nH]n3)no2)CC1)c1cc(F)c(O)c(F)c1. The third-order valence-corrected chi connectivity index (χ3v) is 5.38. The Labute approximate surface area is 188 Å². The molecule has 3 aromatic rings. The molecule has 176 valence electrons. The molecule has 0 spiro atoms. The number of benzene rings is 1. The number of nitrogens with zero attached hydrogens (tertiary/aromatic N) is 3. The monoisotopic (exact) mass is 461 g/mol. The van der Waals surface area contributed by atoms with Crippen molar-refractivity contribution in [2.24, 2.45) is 5.92 Å². The van der Waals surface area contributed by atoms with Gasteiger partial charge >= 0.3 is 0 Å². The normalized spacial score (nSPS) is 17.7. The van der Waals surface area contributed by atoms with Crippen LogP contribution in [-0.4, -0.2) is 37.9 Å². The van der Waals surface area contributed by atoms with Crippen molar-refractivity contribution in [1.82, 2.24) is 25.7 Å². The summed E-state index contributed by atoms with van der Waals surface area (Å²) in [6.07, 6.45) is 3.17. The van der Waals surface area contributed by atoms with E-state index in [-0.39, 0.29) is 23.0 Å². The largest absolute Gasteiger partial charge is 0.503 e. The molecule has 0 atom stereocenters. The van der Waals surface area contributed by atoms with E-state index in [1.807, 2.05) is 13.8 Å². The summed E-state index contributed by atoms with van der Waals surface area (Å²) >= 11 is 0. The van der Waals surface area contributed by atoms with Gasteiger partial charge in [0.2, 0.25) is 11.7 Å². The maximum absolute atomic E-state index is 13.4. The lowest BCUT2D eigenvalue weighted by atomic mass is 9.82. The number of phenols is 1. The summed E-state index contributed by atoms with van der Waals surface area (Å²) in [6, 6.07) is 4.45. The molecule has 1 aliphatic carbocycles. The molecule has 1 saturated carbocycles. The fourth-order valence-corrected chi connectivity index (χ4v) is 3.62. The molecule has 1 amide bonds. The standard InChI is InChI=1S/C20H19F2N5O4.C2H6/c21-13-7-12(8-14(22)17(13)29)19(30)23-9-10-1-3-11(4-2-10)20-24-18(27-31-20)15-5-6-16(28)26-25-15;1-2/h5-8,10-11,29H,1-4,9H2,(H,23,30)(H,26,28);1-2H3. The number of rotatable bonds is 5. The molecule has 1 fully saturated rings. The number of carbonyl (C=O) groups is 1. The van der Waals surface area contributed by atoms with Crippen molar-refractivity contribution < 1.29 is 23.2 Å². The van der Waals surface area contributed by atoms with E-state index < -0.39 is 23.3 Å². The number of nitrogens with one attached hydrogen (secondary N) is 2. The smallest absolute Gasteiger partial charge is 0.264 e. The van der Waals surface area contributed by atoms with Crippen LogP contribution < -0.4 is 10.9 Å². The molecule has 0 bridgehead atoms. The predicted octanol–water partition coefficient (Wildman–Crippen LogP) is 3.53. The molecule has 0 saturated heterocycles. The zero-order chi connectivity index (χ0) is 24.0. The van der Waals surface area contributed by atoms with Gasteiger partial charge in [0, 0.05) is 24.1 Å². The van der Waals surface area contributed by atoms with Gasteiger partial charge in [0.15, 0.2) is 17.4 Å². The van der Waals surface area contributed by atoms with Crippen LogP contribution in [0.3, 0.4) is 0 Å². The van der Waals surface area contributed by atoms with Crippen LogP contribution in [-0.2, 0) is 0 Å². The highest BCUT2D eigenvalue weighted by Gasteiger charge is 2.27. The highest BCUT2D eigenvalue weighted by molar-refractivity contribution is 5.94. The van der Waals surface area contributed by atoms with Crippen molar-refractivity contribution in [3.8, 4) is 17.3 Å². The summed E-state index contributed by atoms with van der Waals surface area (Å²) in [4.78, 5) is 27.6. The lowest BCUT2D eigenvalue weighted by Gasteiger charge is -2.26. The Morgan fingerprint density at radius 2 is 1.85 bits per heavy atom. The minimum Gasteiger partial charge on any atom is -0.503 e. The van der Waals surface area contributed by atoms with Gasteiger partial charge in [0.05, 0.1) is 0 Å². The van der Waals surface area contributed by atoms with Gasteiger partial charge in [-0.2, -0.15) is 10.1 Å². The number of carbonyl (C=O) groups excluding carboxylic acids is 1. The van der Waals surface area contributed by atoms with E-state index in [1.165, 1.54) is 12.1 Å². The number of aromatic nitrogens is 4. The molecule has 1 aromatic carbocycles. The third-order valence-electron chi connectivity index (χ3n) is 5.38. The highest BCUT2D eigenvalue weighted by Crippen LogP contribution is 2.35. The number of halogens is 2. The summed E-state index contributed by atoms with van der Waals surface area (Å²) in [5.41, 5.74) is -0.0950. The lowest BCUT2D eigenvalue weighted by Crippen LogP contribution is -2.31. The van der Waals surface area contributed by atoms with Crippen LogP contribution in [0.25, 0.3) is 11.5 Å². The van der Waals surface area contributed by atoms with Gasteiger partial charge in [0.25, 0.3) is 11.5 Å². The van der Waals surface area contributed by atoms with E-state index in [4.69, 9.17) is 9.63 Å². The molecular weight excluding hydrogens is 436 g/mol. The Hall–Kier alpha value is -3.63. The Morgan fingerprint density at radius 3 is 2.45 bits per heavy atom. The van der Waals surface area contributed by atoms with E-state index >= 15 is 0 Å². The number of H-pyrrole nitrogens is 1. The molecule has 0 unspecified atom stereocenters. The molecule has 1 aliphatic rings. The van der Waals surface area contributed by atoms with Crippen molar-refractivity contribution in [3.63, 3.8) is 0 Å². The van der Waals surface area contributed by atoms with Gasteiger partial charge in [-0.15, -0.1) is 0 Å². The number of hydrogen-bond acceptors (Lipinski definition) is 7. The summed E-state index contributed by atoms with van der Waals surface area (Å²) in [6.45, 7) is 4.37. The summed E-state index contributed by atoms with van der Waals surface area (Å²) in [7, 11) is 0. The molecular formula is C22H25F2N5O4. The predicted molar refractivity (Wildman–Crippen MR) is 115 cm³/mol. The Kier molecular flexibility index (Phi) is 7.86. The van der Waals surface area contributed by atoms with Gasteiger partial charge in [-0.25, -0.2) is 13.9 Å². The number of hydrogen-bond donors (Lipinski definition) is 3. The number of amides is 1. The maximum atomic E-state index is 13.4. The van der Waals surface area contributed by atoms with E-state index in [9.17, 15) is 18.4 Å². The first-order chi connectivity index (χ1) is 15.9. The second-order valence-corrected chi connectivity index (χ2v) is 7.48. The minimum atomic E-state index is -1.18. The minimum absolute atomic E-state index is 0.0799. The van der Waals surface area contributed by atoms with Crippen LogP contribution in [0, 0.1) is 17.6 Å². The fraction of sp³-hybridized carbons (Fsp3) is 0.409. The Bertz CT molecular complexity index is 1110. The highest BCUT2D eigenvalue weighted by atomic mass is 19.1. The Morgan fingerprint density at radius 1 is 1.18 bits per heavy atom. The number of aromatic hydroxyl groups is 1. The van der Waals surface area contributed by atoms with Crippen LogP contribution >= 0.6 is 0 Å². The number of aromatic amines is 1. The molecule has 2 heterocycles. The van der Waals surface area contributed by atoms with Crippen molar-refractivity contribution in [2.45, 2.75) is 45.4 Å². The molecule has 0 radical (unpaired) electrons. The van der Waals surface area contributed by atoms with Gasteiger partial charge < -0.3 is 14.9 Å². The van der Waals surface area contributed by atoms with Crippen LogP contribution in [0.4, 0.5) is 8.78 Å². The van der Waals surface area contributed by atoms with E-state index in [0.29, 0.717) is 24.0 Å². The summed E-state index contributed by atoms with van der Waals surface area (Å²) in [5, 5.41) is 21.9. The topological polar surface area (TPSA) is 134 Å². The van der Waals surface area contributed by atoms with E-state index in [1.54, 1.807) is 0 Å². The summed E-state index contributed by atoms with van der Waals surface area (Å²) in [5.74, 6) is -2.98. The first kappa shape index (κ1) is 24.0. The average Bonchev–Trinajstić information content (AvgIpc) is 3.33. The lowest BCUT2D eigenvalue weighted by molar-refractivity contribution is 0.0941. The van der Waals surface area contributed by atoms with Gasteiger partial charge in [-0.1, -0.05) is 19.0 Å². The van der Waals surface area contributed by atoms with Gasteiger partial charge in [-0.05, 0) is 49.8 Å². The first-order valence-electron chi connectivity index (χ1n) is 10.8. The molecule has 33 heavy (non-hydrogen) atoms. The molecule has 11 heteroatoms. The third kappa shape index (κ3) is 5.79. The number of phenolic OH excluding ortho intramolecular Hbond substituents is 1. The molecule has 4 rings (SSSR count). The molecule has 9 nitrogen and oxygen atoms in total. The molecule has 3 N–H and O–H groups in total. The molecule has 0 aliphatic heterocycles. The van der Waals surface area contributed by atoms with Crippen LogP contribution in [0.5, 0.6) is 5.75 Å². The van der Waals surface area contributed by atoms with Gasteiger partial charge in [-0.3, -0.25) is 9.59 Å². The fourth-order valence-electron chi connectivity index (χ4n) is 3.62. The van der Waals surface area contributed by atoms with E-state index in [0.717, 1.165) is 37.8 Å². The van der Waals surface area contributed by atoms with Crippen LogP contribution in [0.1, 0.15) is 61.7 Å². The maximum Gasteiger partial charge on any atom is 0.264 e. The van der Waals surface area contributed by atoms with E-state index in [2.05, 4.69) is 25.7 Å². The second-order valence-electron chi connectivity index (χ2n) is 7.48. The zero-order valence-electron chi connectivity index (χ0n) is 18.3. The van der Waals surface area contributed by atoms with Crippen molar-refractivity contribution in [1.29, 1.82) is 0 Å². The average molecular weight is 461 g/mol. The summed E-state index contributed by atoms with van der Waals surface area (Å²) < 4.78 is 32.2. The van der Waals surface area contributed by atoms with Crippen molar-refractivity contribution >= 4 is 5.91 Å². The van der Waals surface area contributed by atoms with Gasteiger partial charge in [0.1, 0.15) is 5.69 Å². The van der Waals surface area contributed by atoms with Crippen LogP contribution in [0.2, 0.25) is 0 Å². The zero-order valence-corrected chi connectivity index (χ0v) is 18.3. The Balaban J connectivity index is 0.00000149. The molecule has 2 aromatic heterocycles. The van der Waals surface area contributed by atoms with Crippen molar-refractivity contribution in [3.05, 3.63) is 57.7 Å².